The van der Waals surface area contributed by atoms with Gasteiger partial charge in [-0.15, -0.1) is 11.3 Å². The second-order valence-corrected chi connectivity index (χ2v) is 5.57. The number of nitrogens with one attached hydrogen (secondary N) is 1. The number of nitrogens with zero attached hydrogens (tertiary/aromatic N) is 2. The van der Waals surface area contributed by atoms with Gasteiger partial charge < -0.3 is 5.32 Å². The van der Waals surface area contributed by atoms with Crippen molar-refractivity contribution in [1.82, 2.24) is 15.3 Å². The van der Waals surface area contributed by atoms with Crippen molar-refractivity contribution in [2.45, 2.75) is 32.7 Å². The van der Waals surface area contributed by atoms with E-state index in [-0.39, 0.29) is 11.9 Å². The first kappa shape index (κ1) is 13.7. The quantitative estimate of drug-likeness (QED) is 0.932. The number of thiazole rings is 1. The van der Waals surface area contributed by atoms with Gasteiger partial charge in [-0.3, -0.25) is 9.78 Å². The zero-order chi connectivity index (χ0) is 13.8. The number of carbonyl (C=O) groups is 1. The third-order valence-corrected chi connectivity index (χ3v) is 3.89. The Labute approximate surface area is 116 Å². The molecule has 1 atom stereocenters. The molecular weight excluding hydrogens is 258 g/mol. The molecule has 0 fully saturated rings. The molecule has 2 heterocycles. The molecule has 19 heavy (non-hydrogen) atoms. The third-order valence-electron chi connectivity index (χ3n) is 2.72. The highest BCUT2D eigenvalue weighted by Crippen LogP contribution is 2.22. The summed E-state index contributed by atoms with van der Waals surface area (Å²) in [6, 6.07) is 5.17. The van der Waals surface area contributed by atoms with Gasteiger partial charge in [-0.1, -0.05) is 19.9 Å². The summed E-state index contributed by atoms with van der Waals surface area (Å²) in [5.74, 6) is 0.240. The lowest BCUT2D eigenvalue weighted by atomic mass is 10.2. The van der Waals surface area contributed by atoms with Crippen molar-refractivity contribution < 1.29 is 4.79 Å². The van der Waals surface area contributed by atoms with Gasteiger partial charge in [-0.2, -0.15) is 0 Å². The Morgan fingerprint density at radius 3 is 2.68 bits per heavy atom. The minimum atomic E-state index is -0.174. The molecule has 5 heteroatoms. The first-order valence-corrected chi connectivity index (χ1v) is 7.13. The van der Waals surface area contributed by atoms with Gasteiger partial charge in [-0.05, 0) is 19.1 Å². The number of amides is 1. The first-order chi connectivity index (χ1) is 9.08. The summed E-state index contributed by atoms with van der Waals surface area (Å²) in [4.78, 5) is 20.5. The molecule has 2 rings (SSSR count). The van der Waals surface area contributed by atoms with Gasteiger partial charge >= 0.3 is 0 Å². The molecule has 0 spiro atoms. The Morgan fingerprint density at radius 2 is 2.11 bits per heavy atom. The molecule has 0 aliphatic rings. The Morgan fingerprint density at radius 1 is 1.32 bits per heavy atom. The van der Waals surface area contributed by atoms with E-state index in [0.29, 0.717) is 11.6 Å². The van der Waals surface area contributed by atoms with Crippen LogP contribution < -0.4 is 5.32 Å². The highest BCUT2D eigenvalue weighted by molar-refractivity contribution is 7.09. The van der Waals surface area contributed by atoms with E-state index in [1.807, 2.05) is 12.3 Å². The van der Waals surface area contributed by atoms with Crippen molar-refractivity contribution in [2.24, 2.45) is 0 Å². The number of aromatic nitrogens is 2. The smallest absolute Gasteiger partial charge is 0.270 e. The van der Waals surface area contributed by atoms with E-state index >= 15 is 0 Å². The van der Waals surface area contributed by atoms with Crippen LogP contribution in [0.25, 0.3) is 0 Å². The van der Waals surface area contributed by atoms with Crippen molar-refractivity contribution in [1.29, 1.82) is 0 Å². The van der Waals surface area contributed by atoms with E-state index < -0.39 is 0 Å². The molecule has 0 saturated carbocycles. The van der Waals surface area contributed by atoms with Crippen LogP contribution >= 0.6 is 11.3 Å². The molecule has 100 valence electrons. The lowest BCUT2D eigenvalue weighted by Crippen LogP contribution is -2.27. The molecule has 0 saturated heterocycles. The predicted molar refractivity (Wildman–Crippen MR) is 76.3 cm³/mol. The number of pyridine rings is 1. The average Bonchev–Trinajstić information content (AvgIpc) is 2.89. The molecule has 1 N–H and O–H groups in total. The van der Waals surface area contributed by atoms with Crippen molar-refractivity contribution in [3.05, 3.63) is 46.2 Å². The fraction of sp³-hybridized carbons (Fsp3) is 0.357. The molecule has 0 bridgehead atoms. The topological polar surface area (TPSA) is 54.9 Å². The van der Waals surface area contributed by atoms with Crippen LogP contribution in [0.4, 0.5) is 0 Å². The lowest BCUT2D eigenvalue weighted by molar-refractivity contribution is 0.0934. The molecular formula is C14H17N3OS. The Bertz CT molecular complexity index is 551. The molecule has 0 aliphatic heterocycles. The van der Waals surface area contributed by atoms with Gasteiger partial charge in [0, 0.05) is 17.5 Å². The maximum absolute atomic E-state index is 12.0. The van der Waals surface area contributed by atoms with Crippen molar-refractivity contribution in [3.8, 4) is 0 Å². The largest absolute Gasteiger partial charge is 0.343 e. The summed E-state index contributed by atoms with van der Waals surface area (Å²) in [6.45, 7) is 6.15. The second-order valence-electron chi connectivity index (χ2n) is 4.68. The van der Waals surface area contributed by atoms with Crippen LogP contribution in [-0.4, -0.2) is 15.9 Å². The standard InChI is InChI=1S/C14H17N3OS/c1-9(2)14-17-12(8-19-14)10(3)16-13(18)11-6-4-5-7-15-11/h4-10H,1-3H3,(H,16,18)/t10-/m1/s1. The van der Waals surface area contributed by atoms with Crippen molar-refractivity contribution in [2.75, 3.05) is 0 Å². The van der Waals surface area contributed by atoms with E-state index in [9.17, 15) is 4.79 Å². The van der Waals surface area contributed by atoms with Gasteiger partial charge in [0.15, 0.2) is 0 Å². The molecule has 0 aromatic carbocycles. The fourth-order valence-corrected chi connectivity index (χ4v) is 2.53. The summed E-state index contributed by atoms with van der Waals surface area (Å²) >= 11 is 1.63. The van der Waals surface area contributed by atoms with Gasteiger partial charge in [0.2, 0.25) is 0 Å². The Kier molecular flexibility index (Phi) is 4.27. The molecule has 1 amide bonds. The van der Waals surface area contributed by atoms with Crippen LogP contribution in [0.5, 0.6) is 0 Å². The Hall–Kier alpha value is -1.75. The van der Waals surface area contributed by atoms with E-state index in [1.54, 1.807) is 35.7 Å². The number of rotatable bonds is 4. The minimum absolute atomic E-state index is 0.113. The van der Waals surface area contributed by atoms with E-state index in [0.717, 1.165) is 10.7 Å². The molecule has 4 nitrogen and oxygen atoms in total. The maximum Gasteiger partial charge on any atom is 0.270 e. The number of carbonyl (C=O) groups excluding carboxylic acids is 1. The predicted octanol–water partition coefficient (Wildman–Crippen LogP) is 3.15. The summed E-state index contributed by atoms with van der Waals surface area (Å²) in [5.41, 5.74) is 1.33. The molecule has 2 aromatic heterocycles. The van der Waals surface area contributed by atoms with Crippen LogP contribution in [0.3, 0.4) is 0 Å². The lowest BCUT2D eigenvalue weighted by Gasteiger charge is -2.11. The molecule has 0 unspecified atom stereocenters. The van der Waals surface area contributed by atoms with Gasteiger partial charge in [-0.25, -0.2) is 4.98 Å². The maximum atomic E-state index is 12.0. The van der Waals surface area contributed by atoms with Gasteiger partial charge in [0.1, 0.15) is 5.69 Å². The van der Waals surface area contributed by atoms with Crippen LogP contribution in [0.15, 0.2) is 29.8 Å². The summed E-state index contributed by atoms with van der Waals surface area (Å²) < 4.78 is 0. The van der Waals surface area contributed by atoms with Gasteiger partial charge in [0.05, 0.1) is 16.7 Å². The van der Waals surface area contributed by atoms with E-state index in [1.165, 1.54) is 0 Å². The van der Waals surface area contributed by atoms with E-state index in [2.05, 4.69) is 29.1 Å². The second kappa shape index (κ2) is 5.93. The number of hydrogen-bond acceptors (Lipinski definition) is 4. The van der Waals surface area contributed by atoms with E-state index in [4.69, 9.17) is 0 Å². The van der Waals surface area contributed by atoms with Gasteiger partial charge in [0.25, 0.3) is 5.91 Å². The van der Waals surface area contributed by atoms with Crippen LogP contribution in [0.1, 0.15) is 53.9 Å². The zero-order valence-corrected chi connectivity index (χ0v) is 12.1. The number of hydrogen-bond donors (Lipinski definition) is 1. The molecule has 0 aliphatic carbocycles. The minimum Gasteiger partial charge on any atom is -0.343 e. The third kappa shape index (κ3) is 3.38. The average molecular weight is 275 g/mol. The molecule has 2 aromatic rings. The first-order valence-electron chi connectivity index (χ1n) is 6.25. The highest BCUT2D eigenvalue weighted by atomic mass is 32.1. The van der Waals surface area contributed by atoms with Crippen LogP contribution in [-0.2, 0) is 0 Å². The summed E-state index contributed by atoms with van der Waals surface area (Å²) in [5, 5.41) is 6.00. The normalized spacial score (nSPS) is 12.4. The zero-order valence-electron chi connectivity index (χ0n) is 11.3. The van der Waals surface area contributed by atoms with Crippen molar-refractivity contribution in [3.63, 3.8) is 0 Å². The summed E-state index contributed by atoms with van der Waals surface area (Å²) in [7, 11) is 0. The summed E-state index contributed by atoms with van der Waals surface area (Å²) in [6.07, 6.45) is 1.61. The van der Waals surface area contributed by atoms with Crippen LogP contribution in [0.2, 0.25) is 0 Å². The van der Waals surface area contributed by atoms with Crippen molar-refractivity contribution >= 4 is 17.2 Å². The Balaban J connectivity index is 2.04. The monoisotopic (exact) mass is 275 g/mol. The van der Waals surface area contributed by atoms with Crippen LogP contribution in [0, 0.1) is 0 Å². The SMILES string of the molecule is CC(C)c1nc([C@@H](C)NC(=O)c2ccccn2)cs1. The fourth-order valence-electron chi connectivity index (χ4n) is 1.61. The molecule has 0 radical (unpaired) electrons. The highest BCUT2D eigenvalue weighted by Gasteiger charge is 2.15.